The summed E-state index contributed by atoms with van der Waals surface area (Å²) in [4.78, 5) is 12.6. The van der Waals surface area contributed by atoms with Crippen LogP contribution in [-0.4, -0.2) is 11.9 Å². The van der Waals surface area contributed by atoms with Crippen molar-refractivity contribution in [3.8, 4) is 5.75 Å². The van der Waals surface area contributed by atoms with Crippen molar-refractivity contribution in [2.24, 2.45) is 0 Å². The summed E-state index contributed by atoms with van der Waals surface area (Å²) in [6.07, 6.45) is 0.144. The van der Waals surface area contributed by atoms with Crippen LogP contribution in [0.4, 0.5) is 0 Å². The van der Waals surface area contributed by atoms with E-state index in [2.05, 4.69) is 0 Å². The van der Waals surface area contributed by atoms with Crippen molar-refractivity contribution in [3.63, 3.8) is 0 Å². The third-order valence-electron chi connectivity index (χ3n) is 3.79. The number of halogens is 1. The van der Waals surface area contributed by atoms with Crippen LogP contribution in [0.1, 0.15) is 27.0 Å². The molecular formula is C17H15ClO2. The van der Waals surface area contributed by atoms with Crippen LogP contribution in [0.5, 0.6) is 5.75 Å². The quantitative estimate of drug-likeness (QED) is 0.776. The summed E-state index contributed by atoms with van der Waals surface area (Å²) < 4.78 is 5.74. The number of aryl methyl sites for hydroxylation is 2. The summed E-state index contributed by atoms with van der Waals surface area (Å²) in [5, 5.41) is 0.498. The highest BCUT2D eigenvalue weighted by Gasteiger charge is 2.30. The fraction of sp³-hybridized carbons (Fsp3) is 0.235. The van der Waals surface area contributed by atoms with Crippen LogP contribution < -0.4 is 4.74 Å². The SMILES string of the molecule is Cc1cc(Cl)c(C(=O)C2Cc3ccccc3O2)cc1C. The largest absolute Gasteiger partial charge is 0.482 e. The second-order valence-electron chi connectivity index (χ2n) is 5.20. The molecule has 1 aliphatic heterocycles. The summed E-state index contributed by atoms with van der Waals surface area (Å²) >= 11 is 6.21. The predicted octanol–water partition coefficient (Wildman–Crippen LogP) is 4.14. The Labute approximate surface area is 123 Å². The molecule has 0 saturated carbocycles. The van der Waals surface area contributed by atoms with Crippen molar-refractivity contribution in [3.05, 3.63) is 63.7 Å². The highest BCUT2D eigenvalue weighted by atomic mass is 35.5. The first-order valence-electron chi connectivity index (χ1n) is 6.62. The summed E-state index contributed by atoms with van der Waals surface area (Å²) in [6.45, 7) is 3.96. The minimum Gasteiger partial charge on any atom is -0.482 e. The average molecular weight is 287 g/mol. The van der Waals surface area contributed by atoms with E-state index in [4.69, 9.17) is 16.3 Å². The van der Waals surface area contributed by atoms with Gasteiger partial charge in [-0.05, 0) is 48.7 Å². The van der Waals surface area contributed by atoms with Gasteiger partial charge in [-0.1, -0.05) is 29.8 Å². The van der Waals surface area contributed by atoms with Gasteiger partial charge < -0.3 is 4.74 Å². The van der Waals surface area contributed by atoms with Crippen molar-refractivity contribution in [1.82, 2.24) is 0 Å². The molecule has 0 N–H and O–H groups in total. The number of para-hydroxylation sites is 1. The first-order valence-corrected chi connectivity index (χ1v) is 6.99. The molecule has 2 aromatic carbocycles. The number of hydrogen-bond donors (Lipinski definition) is 0. The Morgan fingerprint density at radius 1 is 1.20 bits per heavy atom. The first-order chi connectivity index (χ1) is 9.56. The highest BCUT2D eigenvalue weighted by molar-refractivity contribution is 6.34. The third kappa shape index (κ3) is 2.20. The van der Waals surface area contributed by atoms with Crippen molar-refractivity contribution >= 4 is 17.4 Å². The van der Waals surface area contributed by atoms with E-state index in [1.54, 1.807) is 0 Å². The summed E-state index contributed by atoms with van der Waals surface area (Å²) in [7, 11) is 0. The molecule has 0 saturated heterocycles. The molecule has 3 rings (SSSR count). The number of carbonyl (C=O) groups excluding carboxylic acids is 1. The number of rotatable bonds is 2. The molecular weight excluding hydrogens is 272 g/mol. The van der Waals surface area contributed by atoms with Crippen LogP contribution in [0, 0.1) is 13.8 Å². The predicted molar refractivity (Wildman–Crippen MR) is 79.8 cm³/mol. The van der Waals surface area contributed by atoms with Gasteiger partial charge in [0.05, 0.1) is 5.02 Å². The summed E-state index contributed by atoms with van der Waals surface area (Å²) in [6, 6.07) is 11.4. The van der Waals surface area contributed by atoms with Crippen LogP contribution in [-0.2, 0) is 6.42 Å². The van der Waals surface area contributed by atoms with E-state index in [9.17, 15) is 4.79 Å². The number of hydrogen-bond acceptors (Lipinski definition) is 2. The molecule has 0 bridgehead atoms. The first kappa shape index (κ1) is 13.2. The Morgan fingerprint density at radius 3 is 2.65 bits per heavy atom. The van der Waals surface area contributed by atoms with Gasteiger partial charge in [0.25, 0.3) is 0 Å². The average Bonchev–Trinajstić information content (AvgIpc) is 2.86. The van der Waals surface area contributed by atoms with E-state index in [1.165, 1.54) is 0 Å². The molecule has 1 aliphatic rings. The van der Waals surface area contributed by atoms with Crippen LogP contribution in [0.3, 0.4) is 0 Å². The van der Waals surface area contributed by atoms with Crippen molar-refractivity contribution < 1.29 is 9.53 Å². The molecule has 0 radical (unpaired) electrons. The molecule has 2 nitrogen and oxygen atoms in total. The van der Waals surface area contributed by atoms with Crippen molar-refractivity contribution in [2.45, 2.75) is 26.4 Å². The Hall–Kier alpha value is -1.80. The molecule has 102 valence electrons. The Kier molecular flexibility index (Phi) is 3.27. The maximum Gasteiger partial charge on any atom is 0.205 e. The van der Waals surface area contributed by atoms with E-state index in [0.29, 0.717) is 17.0 Å². The zero-order valence-corrected chi connectivity index (χ0v) is 12.2. The second-order valence-corrected chi connectivity index (χ2v) is 5.61. The lowest BCUT2D eigenvalue weighted by atomic mass is 9.98. The Balaban J connectivity index is 1.90. The molecule has 0 aliphatic carbocycles. The van der Waals surface area contributed by atoms with Crippen molar-refractivity contribution in [1.29, 1.82) is 0 Å². The minimum absolute atomic E-state index is 0.0469. The van der Waals surface area contributed by atoms with Crippen LogP contribution >= 0.6 is 11.6 Å². The summed E-state index contributed by atoms with van der Waals surface area (Å²) in [5.41, 5.74) is 3.77. The molecule has 1 unspecified atom stereocenters. The topological polar surface area (TPSA) is 26.3 Å². The second kappa shape index (κ2) is 4.95. The zero-order chi connectivity index (χ0) is 14.3. The molecule has 0 fully saturated rings. The molecule has 1 atom stereocenters. The van der Waals surface area contributed by atoms with Gasteiger partial charge in [-0.15, -0.1) is 0 Å². The van der Waals surface area contributed by atoms with Gasteiger partial charge in [0.15, 0.2) is 6.10 Å². The van der Waals surface area contributed by atoms with E-state index in [0.717, 1.165) is 22.4 Å². The molecule has 20 heavy (non-hydrogen) atoms. The smallest absolute Gasteiger partial charge is 0.205 e. The summed E-state index contributed by atoms with van der Waals surface area (Å²) in [5.74, 6) is 0.750. The van der Waals surface area contributed by atoms with Gasteiger partial charge in [-0.3, -0.25) is 4.79 Å². The lowest BCUT2D eigenvalue weighted by Crippen LogP contribution is -2.25. The molecule has 3 heteroatoms. The van der Waals surface area contributed by atoms with E-state index in [-0.39, 0.29) is 5.78 Å². The maximum absolute atomic E-state index is 12.6. The number of fused-ring (bicyclic) bond motifs is 1. The number of Topliss-reactive ketones (excluding diaryl/α,β-unsaturated/α-hetero) is 1. The zero-order valence-electron chi connectivity index (χ0n) is 11.4. The van der Waals surface area contributed by atoms with E-state index < -0.39 is 6.10 Å². The maximum atomic E-state index is 12.6. The van der Waals surface area contributed by atoms with Gasteiger partial charge in [0.1, 0.15) is 5.75 Å². The number of benzene rings is 2. The minimum atomic E-state index is -0.466. The van der Waals surface area contributed by atoms with Gasteiger partial charge in [0, 0.05) is 12.0 Å². The monoisotopic (exact) mass is 286 g/mol. The van der Waals surface area contributed by atoms with Gasteiger partial charge in [-0.25, -0.2) is 0 Å². The van der Waals surface area contributed by atoms with Crippen LogP contribution in [0.15, 0.2) is 36.4 Å². The van der Waals surface area contributed by atoms with Gasteiger partial charge in [-0.2, -0.15) is 0 Å². The van der Waals surface area contributed by atoms with Crippen molar-refractivity contribution in [2.75, 3.05) is 0 Å². The molecule has 0 aromatic heterocycles. The standard InChI is InChI=1S/C17H15ClO2/c1-10-7-13(14(18)8-11(10)2)17(19)16-9-12-5-3-4-6-15(12)20-16/h3-8,16H,9H2,1-2H3. The lowest BCUT2D eigenvalue weighted by Gasteiger charge is -2.12. The van der Waals surface area contributed by atoms with Crippen LogP contribution in [0.25, 0.3) is 0 Å². The number of carbonyl (C=O) groups is 1. The molecule has 1 heterocycles. The number of ketones is 1. The Morgan fingerprint density at radius 2 is 1.90 bits per heavy atom. The normalized spacial score (nSPS) is 16.6. The van der Waals surface area contributed by atoms with E-state index >= 15 is 0 Å². The van der Waals surface area contributed by atoms with Gasteiger partial charge >= 0.3 is 0 Å². The van der Waals surface area contributed by atoms with E-state index in [1.807, 2.05) is 50.2 Å². The molecule has 0 amide bonds. The molecule has 0 spiro atoms. The van der Waals surface area contributed by atoms with Crippen LogP contribution in [0.2, 0.25) is 5.02 Å². The fourth-order valence-corrected chi connectivity index (χ4v) is 2.78. The fourth-order valence-electron chi connectivity index (χ4n) is 2.47. The third-order valence-corrected chi connectivity index (χ3v) is 4.10. The number of ether oxygens (including phenoxy) is 1. The highest BCUT2D eigenvalue weighted by Crippen LogP contribution is 2.31. The lowest BCUT2D eigenvalue weighted by molar-refractivity contribution is 0.0825. The molecule has 2 aromatic rings. The Bertz CT molecular complexity index is 666. The van der Waals surface area contributed by atoms with Gasteiger partial charge in [0.2, 0.25) is 5.78 Å².